The van der Waals surface area contributed by atoms with Gasteiger partial charge in [-0.25, -0.2) is 0 Å². The zero-order valence-electron chi connectivity index (χ0n) is 28.8. The van der Waals surface area contributed by atoms with Crippen molar-refractivity contribution in [1.82, 2.24) is 0 Å². The molecule has 0 aromatic heterocycles. The molecule has 244 valence electrons. The van der Waals surface area contributed by atoms with Crippen molar-refractivity contribution in [2.45, 2.75) is 170 Å². The number of nitrogens with zero attached hydrogens (tertiary/aromatic N) is 2. The van der Waals surface area contributed by atoms with E-state index in [1.165, 1.54) is 136 Å². The summed E-state index contributed by atoms with van der Waals surface area (Å²) in [6.45, 7) is 13.8. The van der Waals surface area contributed by atoms with E-state index < -0.39 is 0 Å². The van der Waals surface area contributed by atoms with E-state index in [9.17, 15) is 0 Å². The van der Waals surface area contributed by atoms with Gasteiger partial charge in [0.1, 0.15) is 0 Å². The van der Waals surface area contributed by atoms with Crippen molar-refractivity contribution in [2.24, 2.45) is 9.98 Å². The molecule has 0 atom stereocenters. The van der Waals surface area contributed by atoms with Crippen molar-refractivity contribution >= 4 is 22.8 Å². The summed E-state index contributed by atoms with van der Waals surface area (Å²) in [6, 6.07) is 14.1. The number of hydrogen-bond donors (Lipinski definition) is 0. The minimum absolute atomic E-state index is 0. The topological polar surface area (TPSA) is 24.7 Å². The van der Waals surface area contributed by atoms with Gasteiger partial charge in [0.25, 0.3) is 0 Å². The van der Waals surface area contributed by atoms with Crippen LogP contribution in [0.25, 0.3) is 0 Å². The van der Waals surface area contributed by atoms with Gasteiger partial charge in [-0.05, 0) is 124 Å². The summed E-state index contributed by atoms with van der Waals surface area (Å²) < 4.78 is 0. The number of benzene rings is 2. The van der Waals surface area contributed by atoms with Gasteiger partial charge in [-0.3, -0.25) is 9.98 Å². The normalized spacial score (nSPS) is 12.0. The van der Waals surface area contributed by atoms with E-state index in [1.54, 1.807) is 0 Å². The largest absolute Gasteiger partial charge is 0.252 e. The second kappa shape index (κ2) is 24.6. The third-order valence-corrected chi connectivity index (χ3v) is 8.47. The molecular weight excluding hydrogens is 567 g/mol. The fourth-order valence-electron chi connectivity index (χ4n) is 5.71. The van der Waals surface area contributed by atoms with Crippen LogP contribution >= 0.6 is 0 Å². The molecular formula is C40H64N2Ni. The van der Waals surface area contributed by atoms with Gasteiger partial charge in [0.15, 0.2) is 0 Å². The predicted octanol–water partition coefficient (Wildman–Crippen LogP) is 13.1. The van der Waals surface area contributed by atoms with Crippen LogP contribution in [0.3, 0.4) is 0 Å². The number of aliphatic imine (C=N–C) groups is 2. The van der Waals surface area contributed by atoms with E-state index in [0.29, 0.717) is 0 Å². The van der Waals surface area contributed by atoms with E-state index in [-0.39, 0.29) is 16.5 Å². The summed E-state index contributed by atoms with van der Waals surface area (Å²) in [5.41, 5.74) is 10.7. The first-order chi connectivity index (χ1) is 20.6. The Balaban J connectivity index is 0.00000924. The monoisotopic (exact) mass is 630 g/mol. The average Bonchev–Trinajstić information content (AvgIpc) is 3.01. The van der Waals surface area contributed by atoms with Crippen molar-refractivity contribution in [3.63, 3.8) is 0 Å². The molecule has 3 heteroatoms. The Kier molecular flexibility index (Phi) is 22.5. The van der Waals surface area contributed by atoms with Crippen LogP contribution in [0.15, 0.2) is 46.4 Å². The first-order valence-corrected chi connectivity index (χ1v) is 18.0. The van der Waals surface area contributed by atoms with E-state index in [1.807, 2.05) is 0 Å². The van der Waals surface area contributed by atoms with Crippen LogP contribution in [-0.2, 0) is 42.2 Å². The zero-order chi connectivity index (χ0) is 30.4. The number of rotatable bonds is 23. The summed E-state index contributed by atoms with van der Waals surface area (Å²) in [7, 11) is 0. The van der Waals surface area contributed by atoms with Crippen molar-refractivity contribution in [2.75, 3.05) is 0 Å². The first kappa shape index (κ1) is 39.3. The summed E-state index contributed by atoms with van der Waals surface area (Å²) in [5.74, 6) is 0. The van der Waals surface area contributed by atoms with Gasteiger partial charge in [0, 0.05) is 16.5 Å². The van der Waals surface area contributed by atoms with Crippen molar-refractivity contribution in [1.29, 1.82) is 0 Å². The Labute approximate surface area is 277 Å². The van der Waals surface area contributed by atoms with Crippen LogP contribution in [0.5, 0.6) is 0 Å². The fraction of sp³-hybridized carbons (Fsp3) is 0.650. The molecule has 2 nitrogen and oxygen atoms in total. The van der Waals surface area contributed by atoms with E-state index in [4.69, 9.17) is 9.98 Å². The molecule has 0 aliphatic rings. The zero-order valence-corrected chi connectivity index (χ0v) is 29.8. The SMILES string of the molecule is CCCCCC(=Nc1ccc(CCCC)c(CCCC)c1)C(CCCCC)=Nc1ccc(CCCC)c(CCCC)c1.[Ni]. The molecule has 0 aliphatic carbocycles. The second-order valence-corrected chi connectivity index (χ2v) is 12.4. The molecule has 0 unspecified atom stereocenters. The van der Waals surface area contributed by atoms with Gasteiger partial charge in [0.2, 0.25) is 0 Å². The fourth-order valence-corrected chi connectivity index (χ4v) is 5.71. The Hall–Kier alpha value is -1.73. The molecule has 0 amide bonds. The molecule has 0 fully saturated rings. The van der Waals surface area contributed by atoms with Crippen LogP contribution in [-0.4, -0.2) is 11.4 Å². The van der Waals surface area contributed by atoms with E-state index >= 15 is 0 Å². The van der Waals surface area contributed by atoms with Crippen LogP contribution in [0.2, 0.25) is 0 Å². The van der Waals surface area contributed by atoms with Crippen LogP contribution < -0.4 is 0 Å². The van der Waals surface area contributed by atoms with E-state index in [2.05, 4.69) is 77.9 Å². The van der Waals surface area contributed by atoms with Gasteiger partial charge in [0.05, 0.1) is 22.8 Å². The summed E-state index contributed by atoms with van der Waals surface area (Å²) in [4.78, 5) is 10.8. The maximum absolute atomic E-state index is 5.41. The van der Waals surface area contributed by atoms with Crippen molar-refractivity contribution in [3.8, 4) is 0 Å². The molecule has 0 N–H and O–H groups in total. The average molecular weight is 632 g/mol. The van der Waals surface area contributed by atoms with Gasteiger partial charge >= 0.3 is 0 Å². The third-order valence-electron chi connectivity index (χ3n) is 8.47. The molecule has 2 aromatic rings. The first-order valence-electron chi connectivity index (χ1n) is 18.0. The molecule has 2 rings (SSSR count). The number of aryl methyl sites for hydroxylation is 4. The molecule has 0 aliphatic heterocycles. The van der Waals surface area contributed by atoms with Crippen molar-refractivity contribution < 1.29 is 16.5 Å². The van der Waals surface area contributed by atoms with Gasteiger partial charge in [-0.15, -0.1) is 0 Å². The van der Waals surface area contributed by atoms with Gasteiger partial charge in [-0.1, -0.05) is 105 Å². The maximum atomic E-state index is 5.41. The third kappa shape index (κ3) is 15.2. The summed E-state index contributed by atoms with van der Waals surface area (Å²) >= 11 is 0. The minimum Gasteiger partial charge on any atom is -0.252 e. The molecule has 0 spiro atoms. The Morgan fingerprint density at radius 2 is 0.744 bits per heavy atom. The van der Waals surface area contributed by atoms with Gasteiger partial charge < -0.3 is 0 Å². The Bertz CT molecular complexity index is 983. The summed E-state index contributed by atoms with van der Waals surface area (Å²) in [6.07, 6.45) is 23.9. The maximum Gasteiger partial charge on any atom is 0.0636 e. The Morgan fingerprint density at radius 1 is 0.419 bits per heavy atom. The van der Waals surface area contributed by atoms with Crippen LogP contribution in [0, 0.1) is 0 Å². The second-order valence-electron chi connectivity index (χ2n) is 12.4. The molecule has 2 aromatic carbocycles. The molecule has 43 heavy (non-hydrogen) atoms. The molecule has 0 saturated carbocycles. The summed E-state index contributed by atoms with van der Waals surface area (Å²) in [5, 5.41) is 0. The van der Waals surface area contributed by atoms with Gasteiger partial charge in [-0.2, -0.15) is 0 Å². The predicted molar refractivity (Wildman–Crippen MR) is 190 cm³/mol. The molecule has 0 saturated heterocycles. The smallest absolute Gasteiger partial charge is 0.0636 e. The quantitative estimate of drug-likeness (QED) is 0.0662. The Morgan fingerprint density at radius 3 is 1.07 bits per heavy atom. The molecule has 0 heterocycles. The number of hydrogen-bond acceptors (Lipinski definition) is 2. The van der Waals surface area contributed by atoms with Crippen molar-refractivity contribution in [3.05, 3.63) is 58.7 Å². The van der Waals surface area contributed by atoms with Crippen LogP contribution in [0.4, 0.5) is 11.4 Å². The molecule has 0 radical (unpaired) electrons. The minimum atomic E-state index is 0. The standard InChI is InChI=1S/C40H64N2.Ni/c1-7-13-19-25-39(41-37-29-27-33(21-15-9-3)35(31-37)23-17-11-5)40(26-20-14-8-2)42-38-30-28-34(22-16-10-4)36(32-38)24-18-12-6;/h27-32H,7-26H2,1-6H3;. The molecule has 0 bridgehead atoms. The number of unbranched alkanes of at least 4 members (excludes halogenated alkanes) is 8. The van der Waals surface area contributed by atoms with Crippen LogP contribution in [0.1, 0.15) is 167 Å². The van der Waals surface area contributed by atoms with E-state index in [0.717, 1.165) is 37.1 Å².